The van der Waals surface area contributed by atoms with Crippen molar-refractivity contribution in [3.63, 3.8) is 0 Å². The van der Waals surface area contributed by atoms with Crippen molar-refractivity contribution in [2.45, 2.75) is 15.2 Å². The van der Waals surface area contributed by atoms with Gasteiger partial charge in [0, 0.05) is 11.6 Å². The summed E-state index contributed by atoms with van der Waals surface area (Å²) in [5, 5.41) is 15.4. The SMILES string of the molecule is COC(=O)c1ccc(CNS(C)(=O)=O)cc1S(=O)(=O)NC(=O)Nc1nc(OC)cc(OC)n1.O=C(O)c1nc(C(Cl)(Cl)Cl)n(-c2ccc(Cl)cc2Cl)n1. The third-order valence-electron chi connectivity index (χ3n) is 6.02. The fraction of sp³-hybridized carbons (Fsp3) is 0.222. The molecule has 0 saturated heterocycles. The molecule has 0 atom stereocenters. The maximum Gasteiger partial charge on any atom is 0.375 e. The second-order valence-corrected chi connectivity index (χ2v) is 16.4. The molecule has 4 N–H and O–H groups in total. The number of halogens is 5. The molecule has 2 heterocycles. The fourth-order valence-electron chi connectivity index (χ4n) is 3.77. The van der Waals surface area contributed by atoms with Gasteiger partial charge in [0.2, 0.25) is 31.5 Å². The highest BCUT2D eigenvalue weighted by molar-refractivity contribution is 7.90. The number of hydrogen-bond donors (Lipinski definition) is 4. The molecule has 4 rings (SSSR count). The minimum atomic E-state index is -4.63. The normalized spacial score (nSPS) is 11.5. The molecule has 53 heavy (non-hydrogen) atoms. The zero-order valence-electron chi connectivity index (χ0n) is 27.2. The number of sulfonamides is 2. The number of alkyl halides is 3. The Morgan fingerprint density at radius 1 is 0.906 bits per heavy atom. The molecular formula is C27H25Cl5N8O11S2. The second kappa shape index (κ2) is 17.7. The van der Waals surface area contributed by atoms with Gasteiger partial charge >= 0.3 is 18.0 Å². The lowest BCUT2D eigenvalue weighted by atomic mass is 10.1. The lowest BCUT2D eigenvalue weighted by Crippen LogP contribution is -2.35. The number of aromatic nitrogens is 5. The molecule has 0 aliphatic rings. The number of carboxylic acids is 1. The molecule has 0 aliphatic heterocycles. The molecule has 2 aromatic heterocycles. The quantitative estimate of drug-likeness (QED) is 0.123. The average Bonchev–Trinajstić information content (AvgIpc) is 3.53. The van der Waals surface area contributed by atoms with Crippen LogP contribution in [0.3, 0.4) is 0 Å². The number of esters is 1. The summed E-state index contributed by atoms with van der Waals surface area (Å²) < 4.78 is 65.8. The van der Waals surface area contributed by atoms with Gasteiger partial charge in [0.1, 0.15) is 4.90 Å². The number of nitrogens with one attached hydrogen (secondary N) is 3. The van der Waals surface area contributed by atoms with E-state index in [0.717, 1.165) is 30.2 Å². The van der Waals surface area contributed by atoms with Crippen LogP contribution in [-0.2, 0) is 35.1 Å². The van der Waals surface area contributed by atoms with E-state index in [1.807, 2.05) is 0 Å². The number of hydrogen-bond acceptors (Lipinski definition) is 14. The molecule has 2 amide bonds. The summed E-state index contributed by atoms with van der Waals surface area (Å²) >= 11 is 29.1. The molecule has 0 radical (unpaired) electrons. The molecule has 286 valence electrons. The van der Waals surface area contributed by atoms with Crippen LogP contribution in [0.25, 0.3) is 5.69 Å². The number of nitrogens with zero attached hydrogens (tertiary/aromatic N) is 5. The van der Waals surface area contributed by atoms with E-state index >= 15 is 0 Å². The van der Waals surface area contributed by atoms with Gasteiger partial charge in [0.15, 0.2) is 5.82 Å². The molecular weight excluding hydrogens is 854 g/mol. The lowest BCUT2D eigenvalue weighted by molar-refractivity contribution is 0.0595. The summed E-state index contributed by atoms with van der Waals surface area (Å²) in [7, 11) is -4.53. The van der Waals surface area contributed by atoms with Gasteiger partial charge in [-0.3, -0.25) is 5.32 Å². The number of carbonyl (C=O) groups excluding carboxylic acids is 2. The maximum absolute atomic E-state index is 12.9. The summed E-state index contributed by atoms with van der Waals surface area (Å²) in [6.45, 7) is -0.257. The van der Waals surface area contributed by atoms with Crippen molar-refractivity contribution in [2.75, 3.05) is 32.9 Å². The molecule has 0 spiro atoms. The van der Waals surface area contributed by atoms with E-state index < -0.39 is 52.5 Å². The first-order valence-electron chi connectivity index (χ1n) is 13.8. The Morgan fingerprint density at radius 3 is 2.04 bits per heavy atom. The highest BCUT2D eigenvalue weighted by Gasteiger charge is 2.33. The first-order chi connectivity index (χ1) is 24.6. The van der Waals surface area contributed by atoms with E-state index in [1.54, 1.807) is 4.72 Å². The topological polar surface area (TPSA) is 260 Å². The van der Waals surface area contributed by atoms with Crippen molar-refractivity contribution in [3.05, 3.63) is 75.3 Å². The standard InChI is InChI=1S/C17H21N5O9S2.C10H4Cl5N3O2/c1-29-13-8-14(30-2)20-16(19-13)21-17(24)22-33(27,28)12-7-10(9-18-32(4,25)26)5-6-11(12)15(23)31-3;11-4-1-2-6(5(12)3-4)18-9(10(13,14)15)16-7(17-18)8(19)20/h5-8,18H,9H2,1-4H3,(H2,19,20,21,22,24);1-3H,(H,19,20). The first-order valence-corrected chi connectivity index (χ1v) is 19.0. The van der Waals surface area contributed by atoms with Crippen molar-refractivity contribution in [2.24, 2.45) is 0 Å². The number of urea groups is 1. The van der Waals surface area contributed by atoms with Crippen molar-refractivity contribution < 1.29 is 50.5 Å². The van der Waals surface area contributed by atoms with Crippen LogP contribution in [0.5, 0.6) is 11.8 Å². The Bertz CT molecular complexity index is 2230. The minimum absolute atomic E-state index is 0.0408. The van der Waals surface area contributed by atoms with Crippen LogP contribution in [-0.4, -0.2) is 92.2 Å². The van der Waals surface area contributed by atoms with E-state index in [0.29, 0.717) is 5.02 Å². The second-order valence-electron chi connectivity index (χ2n) is 9.82. The minimum Gasteiger partial charge on any atom is -0.481 e. The summed E-state index contributed by atoms with van der Waals surface area (Å²) in [4.78, 5) is 46.1. The molecule has 19 nitrogen and oxygen atoms in total. The molecule has 2 aromatic carbocycles. The molecule has 26 heteroatoms. The van der Waals surface area contributed by atoms with Gasteiger partial charge in [-0.25, -0.2) is 50.3 Å². The van der Waals surface area contributed by atoms with Crippen LogP contribution in [0, 0.1) is 0 Å². The van der Waals surface area contributed by atoms with Crippen LogP contribution in [0.15, 0.2) is 47.4 Å². The number of anilines is 1. The van der Waals surface area contributed by atoms with Gasteiger partial charge in [-0.2, -0.15) is 9.97 Å². The van der Waals surface area contributed by atoms with Crippen molar-refractivity contribution in [1.29, 1.82) is 0 Å². The molecule has 4 aromatic rings. The van der Waals surface area contributed by atoms with Gasteiger partial charge in [0.25, 0.3) is 15.8 Å². The van der Waals surface area contributed by atoms with Crippen LogP contribution in [0.1, 0.15) is 32.4 Å². The molecule has 0 fully saturated rings. The number of benzene rings is 2. The van der Waals surface area contributed by atoms with Crippen molar-refractivity contribution in [1.82, 2.24) is 34.2 Å². The van der Waals surface area contributed by atoms with Crippen LogP contribution >= 0.6 is 58.0 Å². The molecule has 0 unspecified atom stereocenters. The number of rotatable bonds is 11. The van der Waals surface area contributed by atoms with Gasteiger partial charge < -0.3 is 19.3 Å². The number of amides is 2. The Hall–Kier alpha value is -4.22. The number of methoxy groups -OCH3 is 3. The van der Waals surface area contributed by atoms with Gasteiger partial charge in [0.05, 0.1) is 49.9 Å². The maximum atomic E-state index is 12.9. The molecule has 0 bridgehead atoms. The predicted octanol–water partition coefficient (Wildman–Crippen LogP) is 3.94. The summed E-state index contributed by atoms with van der Waals surface area (Å²) in [6.07, 6.45) is 0.926. The van der Waals surface area contributed by atoms with E-state index in [2.05, 4.69) is 34.8 Å². The molecule has 0 saturated carbocycles. The Kier molecular flexibility index (Phi) is 14.5. The zero-order valence-corrected chi connectivity index (χ0v) is 32.6. The number of carboxylic acid groups (broad SMARTS) is 1. The third kappa shape index (κ3) is 12.2. The van der Waals surface area contributed by atoms with Gasteiger partial charge in [-0.1, -0.05) is 64.1 Å². The van der Waals surface area contributed by atoms with Crippen LogP contribution < -0.4 is 24.2 Å². The number of ether oxygens (including phenoxy) is 3. The van der Waals surface area contributed by atoms with E-state index in [-0.39, 0.29) is 51.9 Å². The predicted molar refractivity (Wildman–Crippen MR) is 192 cm³/mol. The van der Waals surface area contributed by atoms with E-state index in [1.165, 1.54) is 44.6 Å². The monoisotopic (exact) mass is 876 g/mol. The van der Waals surface area contributed by atoms with Gasteiger partial charge in [-0.15, -0.1) is 5.10 Å². The van der Waals surface area contributed by atoms with Crippen LogP contribution in [0.4, 0.5) is 10.7 Å². The third-order valence-corrected chi connectivity index (χ3v) is 9.10. The van der Waals surface area contributed by atoms with E-state index in [4.69, 9.17) is 72.6 Å². The number of carbonyl (C=O) groups is 3. The Labute approximate surface area is 325 Å². The highest BCUT2D eigenvalue weighted by atomic mass is 35.6. The van der Waals surface area contributed by atoms with Gasteiger partial charge in [-0.05, 0) is 35.9 Å². The summed E-state index contributed by atoms with van der Waals surface area (Å²) in [5.41, 5.74) is 0.118. The Morgan fingerprint density at radius 2 is 1.53 bits per heavy atom. The van der Waals surface area contributed by atoms with E-state index in [9.17, 15) is 31.2 Å². The number of aromatic carboxylic acids is 1. The fourth-order valence-corrected chi connectivity index (χ4v) is 6.21. The molecule has 0 aliphatic carbocycles. The van der Waals surface area contributed by atoms with Crippen LogP contribution in [0.2, 0.25) is 10.0 Å². The first kappa shape index (κ1) is 43.2. The Balaban J connectivity index is 0.000000321. The zero-order chi connectivity index (χ0) is 39.9. The van der Waals surface area contributed by atoms with Crippen molar-refractivity contribution in [3.8, 4) is 17.4 Å². The average molecular weight is 879 g/mol. The van der Waals surface area contributed by atoms with Crippen molar-refractivity contribution >= 4 is 102 Å². The summed E-state index contributed by atoms with van der Waals surface area (Å²) in [5.74, 6) is -3.29. The largest absolute Gasteiger partial charge is 0.481 e. The summed E-state index contributed by atoms with van der Waals surface area (Å²) in [6, 6.07) is 8.07. The lowest BCUT2D eigenvalue weighted by Gasteiger charge is -2.13. The smallest absolute Gasteiger partial charge is 0.375 e. The highest BCUT2D eigenvalue weighted by Crippen LogP contribution is 2.39.